The van der Waals surface area contributed by atoms with Crippen LogP contribution >= 0.6 is 0 Å². The predicted molar refractivity (Wildman–Crippen MR) is 77.9 cm³/mol. The molecule has 1 aromatic carbocycles. The van der Waals surface area contributed by atoms with Gasteiger partial charge in [-0.1, -0.05) is 0 Å². The van der Waals surface area contributed by atoms with Gasteiger partial charge in [0.15, 0.2) is 0 Å². The molecule has 0 amide bonds. The normalized spacial score (nSPS) is 20.0. The minimum absolute atomic E-state index is 0.146. The molecule has 1 N–H and O–H groups in total. The molecule has 0 spiro atoms. The highest BCUT2D eigenvalue weighted by Crippen LogP contribution is 2.25. The number of benzene rings is 1. The zero-order valence-corrected chi connectivity index (χ0v) is 13.1. The summed E-state index contributed by atoms with van der Waals surface area (Å²) in [6.07, 6.45) is 0.789. The van der Waals surface area contributed by atoms with Gasteiger partial charge in [-0.05, 0) is 37.6 Å². The summed E-state index contributed by atoms with van der Waals surface area (Å²) in [7, 11) is -0.261. The molecule has 21 heavy (non-hydrogen) atoms. The van der Waals surface area contributed by atoms with Crippen LogP contribution in [0.2, 0.25) is 0 Å². The fourth-order valence-electron chi connectivity index (χ4n) is 2.57. The largest absolute Gasteiger partial charge is 0.384 e. The highest BCUT2D eigenvalue weighted by Gasteiger charge is 2.32. The van der Waals surface area contributed by atoms with Gasteiger partial charge in [0.25, 0.3) is 0 Å². The molecule has 0 aromatic heterocycles. The summed E-state index contributed by atoms with van der Waals surface area (Å²) in [5.74, 6) is -0.177. The van der Waals surface area contributed by atoms with E-state index in [-0.39, 0.29) is 10.8 Å². The van der Waals surface area contributed by atoms with E-state index in [1.165, 1.54) is 22.5 Å². The van der Waals surface area contributed by atoms with Crippen molar-refractivity contribution in [3.05, 3.63) is 29.6 Å². The number of nitrogens with one attached hydrogen (secondary N) is 1. The van der Waals surface area contributed by atoms with Gasteiger partial charge in [-0.3, -0.25) is 0 Å². The Morgan fingerprint density at radius 3 is 2.90 bits per heavy atom. The maximum atomic E-state index is 13.6. The van der Waals surface area contributed by atoms with Gasteiger partial charge in [0, 0.05) is 32.3 Å². The number of ether oxygens (including phenoxy) is 1. The van der Waals surface area contributed by atoms with Crippen LogP contribution in [0, 0.1) is 11.7 Å². The third kappa shape index (κ3) is 3.60. The first-order chi connectivity index (χ1) is 9.98. The molecule has 1 aliphatic heterocycles. The van der Waals surface area contributed by atoms with Crippen molar-refractivity contribution in [2.75, 3.05) is 33.9 Å². The Bertz CT molecular complexity index is 592. The SMILES string of the molecule is CNCc1cc(S(=O)(=O)N2CCC(COC)C2)ccc1F. The van der Waals surface area contributed by atoms with E-state index in [9.17, 15) is 12.8 Å². The predicted octanol–water partition coefficient (Wildman–Crippen LogP) is 1.20. The lowest BCUT2D eigenvalue weighted by Gasteiger charge is -2.17. The molecular weight excluding hydrogens is 295 g/mol. The van der Waals surface area contributed by atoms with Crippen molar-refractivity contribution in [3.8, 4) is 0 Å². The van der Waals surface area contributed by atoms with Gasteiger partial charge in [-0.25, -0.2) is 12.8 Å². The van der Waals surface area contributed by atoms with E-state index in [1.54, 1.807) is 14.2 Å². The minimum atomic E-state index is -3.56. The maximum absolute atomic E-state index is 13.6. The summed E-state index contributed by atoms with van der Waals surface area (Å²) < 4.78 is 45.3. The van der Waals surface area contributed by atoms with E-state index in [0.717, 1.165) is 6.42 Å². The van der Waals surface area contributed by atoms with Crippen LogP contribution in [0.3, 0.4) is 0 Å². The van der Waals surface area contributed by atoms with Gasteiger partial charge in [0.05, 0.1) is 11.5 Å². The van der Waals surface area contributed by atoms with E-state index in [2.05, 4.69) is 5.32 Å². The first-order valence-electron chi connectivity index (χ1n) is 6.91. The number of sulfonamides is 1. The van der Waals surface area contributed by atoms with Crippen molar-refractivity contribution >= 4 is 10.0 Å². The van der Waals surface area contributed by atoms with Crippen LogP contribution in [-0.4, -0.2) is 46.6 Å². The second-order valence-corrected chi connectivity index (χ2v) is 7.19. The quantitative estimate of drug-likeness (QED) is 0.857. The Morgan fingerprint density at radius 1 is 1.48 bits per heavy atom. The van der Waals surface area contributed by atoms with Crippen molar-refractivity contribution in [1.29, 1.82) is 0 Å². The lowest BCUT2D eigenvalue weighted by atomic mass is 10.1. The number of rotatable bonds is 6. The van der Waals surface area contributed by atoms with Crippen LogP contribution in [0.25, 0.3) is 0 Å². The van der Waals surface area contributed by atoms with Crippen LogP contribution in [0.4, 0.5) is 4.39 Å². The Hall–Kier alpha value is -1.02. The molecule has 1 atom stereocenters. The fourth-order valence-corrected chi connectivity index (χ4v) is 4.16. The third-order valence-corrected chi connectivity index (χ3v) is 5.53. The molecule has 0 aliphatic carbocycles. The van der Waals surface area contributed by atoms with E-state index < -0.39 is 15.8 Å². The number of nitrogens with zero attached hydrogens (tertiary/aromatic N) is 1. The lowest BCUT2D eigenvalue weighted by Crippen LogP contribution is -2.29. The Morgan fingerprint density at radius 2 is 2.24 bits per heavy atom. The van der Waals surface area contributed by atoms with Crippen molar-refractivity contribution < 1.29 is 17.5 Å². The molecule has 1 fully saturated rings. The number of hydrogen-bond acceptors (Lipinski definition) is 4. The summed E-state index contributed by atoms with van der Waals surface area (Å²) in [6, 6.07) is 3.94. The molecule has 7 heteroatoms. The van der Waals surface area contributed by atoms with Gasteiger partial charge in [-0.15, -0.1) is 0 Å². The number of methoxy groups -OCH3 is 1. The first kappa shape index (κ1) is 16.4. The molecule has 1 aromatic rings. The van der Waals surface area contributed by atoms with Crippen molar-refractivity contribution in [2.24, 2.45) is 5.92 Å². The highest BCUT2D eigenvalue weighted by atomic mass is 32.2. The van der Waals surface area contributed by atoms with Crippen molar-refractivity contribution in [3.63, 3.8) is 0 Å². The Labute approximate surface area is 125 Å². The van der Waals surface area contributed by atoms with E-state index in [4.69, 9.17) is 4.74 Å². The summed E-state index contributed by atoms with van der Waals surface area (Å²) in [5, 5.41) is 2.83. The maximum Gasteiger partial charge on any atom is 0.243 e. The van der Waals surface area contributed by atoms with Crippen LogP contribution in [0.15, 0.2) is 23.1 Å². The molecule has 0 radical (unpaired) electrons. The van der Waals surface area contributed by atoms with E-state index in [0.29, 0.717) is 31.8 Å². The lowest BCUT2D eigenvalue weighted by molar-refractivity contribution is 0.157. The van der Waals surface area contributed by atoms with E-state index >= 15 is 0 Å². The molecule has 118 valence electrons. The fraction of sp³-hybridized carbons (Fsp3) is 0.571. The van der Waals surface area contributed by atoms with Gasteiger partial charge >= 0.3 is 0 Å². The molecule has 1 saturated heterocycles. The van der Waals surface area contributed by atoms with Crippen LogP contribution in [-0.2, 0) is 21.3 Å². The van der Waals surface area contributed by atoms with Crippen molar-refractivity contribution in [2.45, 2.75) is 17.9 Å². The molecule has 2 rings (SSSR count). The van der Waals surface area contributed by atoms with Gasteiger partial charge < -0.3 is 10.1 Å². The topological polar surface area (TPSA) is 58.6 Å². The first-order valence-corrected chi connectivity index (χ1v) is 8.35. The average molecular weight is 316 g/mol. The van der Waals surface area contributed by atoms with Gasteiger partial charge in [-0.2, -0.15) is 4.31 Å². The molecule has 0 saturated carbocycles. The summed E-state index contributed by atoms with van der Waals surface area (Å²) in [5.41, 5.74) is 0.353. The zero-order chi connectivity index (χ0) is 15.5. The minimum Gasteiger partial charge on any atom is -0.384 e. The molecule has 0 bridgehead atoms. The van der Waals surface area contributed by atoms with Crippen LogP contribution < -0.4 is 5.32 Å². The van der Waals surface area contributed by atoms with E-state index in [1.807, 2.05) is 0 Å². The molecule has 1 unspecified atom stereocenters. The van der Waals surface area contributed by atoms with Crippen LogP contribution in [0.1, 0.15) is 12.0 Å². The summed E-state index contributed by atoms with van der Waals surface area (Å²) >= 11 is 0. The van der Waals surface area contributed by atoms with Gasteiger partial charge in [0.2, 0.25) is 10.0 Å². The third-order valence-electron chi connectivity index (χ3n) is 3.67. The molecular formula is C14H21FN2O3S. The Kier molecular flexibility index (Phi) is 5.32. The van der Waals surface area contributed by atoms with Gasteiger partial charge in [0.1, 0.15) is 5.82 Å². The Balaban J connectivity index is 2.22. The monoisotopic (exact) mass is 316 g/mol. The average Bonchev–Trinajstić information content (AvgIpc) is 2.91. The summed E-state index contributed by atoms with van der Waals surface area (Å²) in [6.45, 7) is 1.78. The van der Waals surface area contributed by atoms with Crippen molar-refractivity contribution in [1.82, 2.24) is 9.62 Å². The number of hydrogen-bond donors (Lipinski definition) is 1. The standard InChI is InChI=1S/C14H21FN2O3S/c1-16-8-12-7-13(3-4-14(12)15)21(18,19)17-6-5-11(9-17)10-20-2/h3-4,7,11,16H,5-6,8-10H2,1-2H3. The smallest absolute Gasteiger partial charge is 0.243 e. The second-order valence-electron chi connectivity index (χ2n) is 5.26. The second kappa shape index (κ2) is 6.83. The number of halogens is 1. The molecule has 5 nitrogen and oxygen atoms in total. The molecule has 1 heterocycles. The molecule has 1 aliphatic rings. The van der Waals surface area contributed by atoms with Crippen LogP contribution in [0.5, 0.6) is 0 Å². The highest BCUT2D eigenvalue weighted by molar-refractivity contribution is 7.89. The zero-order valence-electron chi connectivity index (χ0n) is 12.3. The summed E-state index contributed by atoms with van der Waals surface area (Å²) in [4.78, 5) is 0.146.